The van der Waals surface area contributed by atoms with Crippen molar-refractivity contribution in [3.63, 3.8) is 0 Å². The Labute approximate surface area is 146 Å². The number of nitrogens with zero attached hydrogens (tertiary/aromatic N) is 3. The minimum absolute atomic E-state index is 0.331. The van der Waals surface area contributed by atoms with Gasteiger partial charge >= 0.3 is 0 Å². The molecule has 2 aliphatic heterocycles. The Morgan fingerprint density at radius 3 is 2.25 bits per heavy atom. The van der Waals surface area contributed by atoms with Crippen molar-refractivity contribution in [3.05, 3.63) is 29.3 Å². The van der Waals surface area contributed by atoms with Gasteiger partial charge in [0, 0.05) is 45.0 Å². The van der Waals surface area contributed by atoms with Crippen LogP contribution < -0.4 is 4.90 Å². The third-order valence-electron chi connectivity index (χ3n) is 5.61. The summed E-state index contributed by atoms with van der Waals surface area (Å²) < 4.78 is 0. The van der Waals surface area contributed by atoms with Gasteiger partial charge in [0.2, 0.25) is 5.91 Å². The fourth-order valence-corrected chi connectivity index (χ4v) is 3.84. The van der Waals surface area contributed by atoms with Crippen molar-refractivity contribution in [1.82, 2.24) is 9.80 Å². The molecule has 2 aliphatic rings. The number of amides is 1. The maximum Gasteiger partial charge on any atom is 0.236 e. The quantitative estimate of drug-likeness (QED) is 0.853. The molecule has 0 unspecified atom stereocenters. The number of aryl methyl sites for hydroxylation is 1. The second kappa shape index (κ2) is 8.02. The molecule has 0 aromatic heterocycles. The number of rotatable bonds is 3. The number of anilines is 1. The third-order valence-corrected chi connectivity index (χ3v) is 5.61. The van der Waals surface area contributed by atoms with E-state index in [1.165, 1.54) is 42.5 Å². The lowest BCUT2D eigenvalue weighted by molar-refractivity contribution is -0.132. The van der Waals surface area contributed by atoms with Crippen LogP contribution in [-0.4, -0.2) is 61.5 Å². The highest BCUT2D eigenvalue weighted by Gasteiger charge is 2.23. The molecule has 1 amide bonds. The van der Waals surface area contributed by atoms with Crippen LogP contribution in [0.3, 0.4) is 0 Å². The summed E-state index contributed by atoms with van der Waals surface area (Å²) in [6.07, 6.45) is 4.90. The van der Waals surface area contributed by atoms with Crippen LogP contribution in [0.25, 0.3) is 0 Å². The van der Waals surface area contributed by atoms with E-state index in [1.807, 2.05) is 0 Å². The smallest absolute Gasteiger partial charge is 0.236 e. The number of hydrogen-bond acceptors (Lipinski definition) is 3. The molecule has 0 aliphatic carbocycles. The Hall–Kier alpha value is -1.55. The lowest BCUT2D eigenvalue weighted by atomic mass is 10.1. The first-order valence-electron chi connectivity index (χ1n) is 9.46. The topological polar surface area (TPSA) is 26.8 Å². The average Bonchev–Trinajstić information content (AvgIpc) is 2.88. The number of hydrogen-bond donors (Lipinski definition) is 0. The lowest BCUT2D eigenvalue weighted by Crippen LogP contribution is -2.50. The molecule has 3 rings (SSSR count). The van der Waals surface area contributed by atoms with Gasteiger partial charge in [-0.15, -0.1) is 0 Å². The number of carbonyl (C=O) groups is 1. The Kier molecular flexibility index (Phi) is 5.77. The molecule has 2 heterocycles. The molecule has 0 radical (unpaired) electrons. The van der Waals surface area contributed by atoms with E-state index in [0.29, 0.717) is 12.5 Å². The summed E-state index contributed by atoms with van der Waals surface area (Å²) in [7, 11) is 0. The molecule has 2 saturated heterocycles. The normalized spacial score (nSPS) is 20.1. The van der Waals surface area contributed by atoms with Gasteiger partial charge in [0.1, 0.15) is 0 Å². The van der Waals surface area contributed by atoms with Crippen molar-refractivity contribution in [2.45, 2.75) is 39.5 Å². The minimum atomic E-state index is 0.331. The summed E-state index contributed by atoms with van der Waals surface area (Å²) in [5, 5.41) is 0. The van der Waals surface area contributed by atoms with Crippen molar-refractivity contribution in [2.24, 2.45) is 0 Å². The molecule has 1 aromatic rings. The summed E-state index contributed by atoms with van der Waals surface area (Å²) in [5.41, 5.74) is 4.09. The fraction of sp³-hybridized carbons (Fsp3) is 0.650. The summed E-state index contributed by atoms with van der Waals surface area (Å²) in [5.74, 6) is 0.331. The molecule has 132 valence electrons. The van der Waals surface area contributed by atoms with Crippen molar-refractivity contribution in [1.29, 1.82) is 0 Å². The van der Waals surface area contributed by atoms with Crippen molar-refractivity contribution in [2.75, 3.05) is 50.7 Å². The van der Waals surface area contributed by atoms with E-state index in [-0.39, 0.29) is 0 Å². The molecular weight excluding hydrogens is 298 g/mol. The summed E-state index contributed by atoms with van der Waals surface area (Å²) >= 11 is 0. The molecule has 0 atom stereocenters. The zero-order valence-corrected chi connectivity index (χ0v) is 15.3. The standard InChI is InChI=1S/C20H31N3O/c1-17-8-7-9-19(18(17)2)22-14-12-21(13-15-22)16-20(24)23-10-5-3-4-6-11-23/h7-9H,3-6,10-16H2,1-2H3. The van der Waals surface area contributed by atoms with Crippen LogP contribution in [0.5, 0.6) is 0 Å². The molecule has 2 fully saturated rings. The van der Waals surface area contributed by atoms with Crippen LogP contribution in [0.2, 0.25) is 0 Å². The van der Waals surface area contributed by atoms with Crippen LogP contribution in [0.15, 0.2) is 18.2 Å². The summed E-state index contributed by atoms with van der Waals surface area (Å²) in [6.45, 7) is 10.9. The molecule has 4 heteroatoms. The second-order valence-electron chi connectivity index (χ2n) is 7.28. The zero-order chi connectivity index (χ0) is 16.9. The van der Waals surface area contributed by atoms with Gasteiger partial charge in [-0.1, -0.05) is 25.0 Å². The Balaban J connectivity index is 1.51. The van der Waals surface area contributed by atoms with Crippen LogP contribution in [-0.2, 0) is 4.79 Å². The molecule has 0 bridgehead atoms. The third kappa shape index (κ3) is 4.10. The van der Waals surface area contributed by atoms with Crippen molar-refractivity contribution < 1.29 is 4.79 Å². The molecule has 0 saturated carbocycles. The lowest BCUT2D eigenvalue weighted by Gasteiger charge is -2.37. The maximum atomic E-state index is 12.5. The SMILES string of the molecule is Cc1cccc(N2CCN(CC(=O)N3CCCCCC3)CC2)c1C. The second-order valence-corrected chi connectivity index (χ2v) is 7.28. The number of likely N-dealkylation sites (tertiary alicyclic amines) is 1. The molecule has 4 nitrogen and oxygen atoms in total. The molecular formula is C20H31N3O. The zero-order valence-electron chi connectivity index (χ0n) is 15.3. The molecule has 0 spiro atoms. The fourth-order valence-electron chi connectivity index (χ4n) is 3.84. The minimum Gasteiger partial charge on any atom is -0.369 e. The average molecular weight is 329 g/mol. The first-order chi connectivity index (χ1) is 11.6. The van der Waals surface area contributed by atoms with Crippen LogP contribution in [0.1, 0.15) is 36.8 Å². The first-order valence-corrected chi connectivity index (χ1v) is 9.46. The van der Waals surface area contributed by atoms with Crippen LogP contribution in [0, 0.1) is 13.8 Å². The van der Waals surface area contributed by atoms with E-state index in [9.17, 15) is 4.79 Å². The van der Waals surface area contributed by atoms with E-state index in [4.69, 9.17) is 0 Å². The highest BCUT2D eigenvalue weighted by Crippen LogP contribution is 2.23. The van der Waals surface area contributed by atoms with Gasteiger partial charge in [0.05, 0.1) is 6.54 Å². The summed E-state index contributed by atoms with van der Waals surface area (Å²) in [6, 6.07) is 6.54. The maximum absolute atomic E-state index is 12.5. The van der Waals surface area contributed by atoms with E-state index in [2.05, 4.69) is 46.7 Å². The predicted octanol–water partition coefficient (Wildman–Crippen LogP) is 2.83. The van der Waals surface area contributed by atoms with Gasteiger partial charge in [-0.3, -0.25) is 9.69 Å². The molecule has 1 aromatic carbocycles. The monoisotopic (exact) mass is 329 g/mol. The Bertz CT molecular complexity index is 556. The van der Waals surface area contributed by atoms with E-state index < -0.39 is 0 Å². The Morgan fingerprint density at radius 2 is 1.58 bits per heavy atom. The number of carbonyl (C=O) groups excluding carboxylic acids is 1. The summed E-state index contributed by atoms with van der Waals surface area (Å²) in [4.78, 5) is 19.4. The Morgan fingerprint density at radius 1 is 0.917 bits per heavy atom. The van der Waals surface area contributed by atoms with Crippen LogP contribution >= 0.6 is 0 Å². The van der Waals surface area contributed by atoms with E-state index in [1.54, 1.807) is 0 Å². The van der Waals surface area contributed by atoms with E-state index >= 15 is 0 Å². The van der Waals surface area contributed by atoms with Gasteiger partial charge in [-0.25, -0.2) is 0 Å². The highest BCUT2D eigenvalue weighted by atomic mass is 16.2. The van der Waals surface area contributed by atoms with Gasteiger partial charge < -0.3 is 9.80 Å². The molecule has 0 N–H and O–H groups in total. The first kappa shape index (κ1) is 17.3. The number of piperazine rings is 1. The van der Waals surface area contributed by atoms with Gasteiger partial charge in [-0.2, -0.15) is 0 Å². The van der Waals surface area contributed by atoms with Crippen molar-refractivity contribution in [3.8, 4) is 0 Å². The van der Waals surface area contributed by atoms with Crippen LogP contribution in [0.4, 0.5) is 5.69 Å². The van der Waals surface area contributed by atoms with Gasteiger partial charge in [0.25, 0.3) is 0 Å². The van der Waals surface area contributed by atoms with Gasteiger partial charge in [0.15, 0.2) is 0 Å². The van der Waals surface area contributed by atoms with Gasteiger partial charge in [-0.05, 0) is 43.9 Å². The predicted molar refractivity (Wildman–Crippen MR) is 99.6 cm³/mol. The van der Waals surface area contributed by atoms with E-state index in [0.717, 1.165) is 39.3 Å². The largest absolute Gasteiger partial charge is 0.369 e. The highest BCUT2D eigenvalue weighted by molar-refractivity contribution is 5.78. The molecule has 24 heavy (non-hydrogen) atoms. The van der Waals surface area contributed by atoms with Crippen molar-refractivity contribution >= 4 is 11.6 Å². The number of benzene rings is 1.